The Balaban J connectivity index is 0.000000520. The first-order chi connectivity index (χ1) is 15.4. The lowest BCUT2D eigenvalue weighted by atomic mass is 9.99. The predicted molar refractivity (Wildman–Crippen MR) is 119 cm³/mol. The number of aliphatic imine (C=N–C) groups is 1. The highest BCUT2D eigenvalue weighted by atomic mass is 19.4. The van der Waals surface area contributed by atoms with E-state index in [0.717, 1.165) is 0 Å². The lowest BCUT2D eigenvalue weighted by molar-refractivity contribution is -0.132. The number of carbonyl (C=O) groups is 1. The van der Waals surface area contributed by atoms with Crippen LogP contribution in [0, 0.1) is 0 Å². The van der Waals surface area contributed by atoms with Gasteiger partial charge in [-0.05, 0) is 6.07 Å². The van der Waals surface area contributed by atoms with Crippen LogP contribution in [-0.2, 0) is 4.79 Å². The molecule has 0 fully saturated rings. The summed E-state index contributed by atoms with van der Waals surface area (Å²) in [6.07, 6.45) is -4.60. The van der Waals surface area contributed by atoms with Crippen molar-refractivity contribution in [1.82, 2.24) is 5.48 Å². The fraction of sp³-hybridized carbons (Fsp3) is 0.167. The van der Waals surface area contributed by atoms with Crippen LogP contribution in [0.1, 0.15) is 11.1 Å². The minimum absolute atomic E-state index is 0.0644. The molecule has 168 valence electrons. The Labute approximate surface area is 184 Å². The van der Waals surface area contributed by atoms with Gasteiger partial charge in [-0.3, -0.25) is 9.79 Å². The Kier molecular flexibility index (Phi) is 9.59. The van der Waals surface area contributed by atoms with Crippen molar-refractivity contribution < 1.29 is 23.2 Å². The van der Waals surface area contributed by atoms with Crippen molar-refractivity contribution in [3.05, 3.63) is 102 Å². The monoisotopic (exact) mass is 443 g/mol. The van der Waals surface area contributed by atoms with E-state index in [-0.39, 0.29) is 5.69 Å². The van der Waals surface area contributed by atoms with Gasteiger partial charge in [0, 0.05) is 18.2 Å². The molecule has 0 saturated carbocycles. The maximum absolute atomic E-state index is 13.0. The van der Waals surface area contributed by atoms with Crippen molar-refractivity contribution in [3.8, 4) is 0 Å². The van der Waals surface area contributed by atoms with E-state index in [1.807, 2.05) is 42.5 Å². The summed E-state index contributed by atoms with van der Waals surface area (Å²) in [7, 11) is 1.53. The van der Waals surface area contributed by atoms with E-state index in [1.165, 1.54) is 13.1 Å². The number of halogens is 3. The number of hydroxylamine groups is 1. The van der Waals surface area contributed by atoms with Gasteiger partial charge < -0.3 is 10.1 Å². The molecule has 3 aromatic rings. The molecule has 0 atom stereocenters. The Morgan fingerprint density at radius 3 is 1.91 bits per heavy atom. The summed E-state index contributed by atoms with van der Waals surface area (Å²) < 4.78 is 39.1. The van der Waals surface area contributed by atoms with E-state index in [0.29, 0.717) is 21.7 Å². The number of benzene rings is 3. The van der Waals surface area contributed by atoms with Gasteiger partial charge in [0.2, 0.25) is 5.91 Å². The van der Waals surface area contributed by atoms with Crippen molar-refractivity contribution in [3.63, 3.8) is 0 Å². The van der Waals surface area contributed by atoms with Crippen LogP contribution in [-0.4, -0.2) is 43.1 Å². The van der Waals surface area contributed by atoms with Crippen LogP contribution in [0.2, 0.25) is 0 Å². The lowest BCUT2D eigenvalue weighted by Gasteiger charge is -2.26. The molecule has 2 N–H and O–H groups in total. The first kappa shape index (κ1) is 24.8. The van der Waals surface area contributed by atoms with Crippen LogP contribution in [0.3, 0.4) is 0 Å². The SMILES string of the molecule is CN=C(c1ccccc1)c1ccccc1N(CC(F)(F)F)C(=O)CNO.c1ccccc1. The second kappa shape index (κ2) is 12.4. The molecule has 0 saturated heterocycles. The lowest BCUT2D eigenvalue weighted by Crippen LogP contribution is -2.43. The average Bonchev–Trinajstić information content (AvgIpc) is 2.80. The number of hydrogen-bond donors (Lipinski definition) is 2. The Hall–Kier alpha value is -3.49. The molecule has 0 aliphatic heterocycles. The molecule has 0 aromatic heterocycles. The van der Waals surface area contributed by atoms with Crippen LogP contribution >= 0.6 is 0 Å². The van der Waals surface area contributed by atoms with Crippen molar-refractivity contribution in [2.45, 2.75) is 6.18 Å². The average molecular weight is 443 g/mol. The van der Waals surface area contributed by atoms with Gasteiger partial charge in [0.15, 0.2) is 0 Å². The number of nitrogens with one attached hydrogen (secondary N) is 1. The van der Waals surface area contributed by atoms with Crippen molar-refractivity contribution in [2.75, 3.05) is 25.0 Å². The van der Waals surface area contributed by atoms with Gasteiger partial charge >= 0.3 is 6.18 Å². The molecule has 8 heteroatoms. The van der Waals surface area contributed by atoms with Gasteiger partial charge in [0.25, 0.3) is 0 Å². The zero-order valence-electron chi connectivity index (χ0n) is 17.5. The predicted octanol–water partition coefficient (Wildman–Crippen LogP) is 4.71. The molecular formula is C24H24F3N3O2. The smallest absolute Gasteiger partial charge is 0.316 e. The van der Waals surface area contributed by atoms with Crippen LogP contribution in [0.25, 0.3) is 0 Å². The highest BCUT2D eigenvalue weighted by molar-refractivity contribution is 6.17. The molecule has 0 bridgehead atoms. The Morgan fingerprint density at radius 2 is 1.41 bits per heavy atom. The molecule has 3 aromatic carbocycles. The van der Waals surface area contributed by atoms with E-state index in [2.05, 4.69) is 4.99 Å². The number of hydrogen-bond acceptors (Lipinski definition) is 4. The molecule has 0 aliphatic rings. The van der Waals surface area contributed by atoms with Crippen molar-refractivity contribution >= 4 is 17.3 Å². The summed E-state index contributed by atoms with van der Waals surface area (Å²) >= 11 is 0. The van der Waals surface area contributed by atoms with Gasteiger partial charge in [0.05, 0.1) is 11.4 Å². The maximum Gasteiger partial charge on any atom is 0.406 e. The van der Waals surface area contributed by atoms with Crippen LogP contribution in [0.15, 0.2) is 96.0 Å². The van der Waals surface area contributed by atoms with Crippen LogP contribution < -0.4 is 10.4 Å². The van der Waals surface area contributed by atoms with E-state index < -0.39 is 25.2 Å². The largest absolute Gasteiger partial charge is 0.406 e. The number of nitrogens with zero attached hydrogens (tertiary/aromatic N) is 2. The number of rotatable bonds is 6. The van der Waals surface area contributed by atoms with E-state index in [1.54, 1.807) is 47.9 Å². The molecule has 0 unspecified atom stereocenters. The van der Waals surface area contributed by atoms with Crippen molar-refractivity contribution in [2.24, 2.45) is 4.99 Å². The summed E-state index contributed by atoms with van der Waals surface area (Å²) in [5.74, 6) is -0.916. The van der Waals surface area contributed by atoms with Gasteiger partial charge in [0.1, 0.15) is 13.1 Å². The Bertz CT molecular complexity index is 967. The summed E-state index contributed by atoms with van der Waals surface area (Å²) in [6, 6.07) is 27.2. The van der Waals surface area contributed by atoms with Crippen LogP contribution in [0.5, 0.6) is 0 Å². The van der Waals surface area contributed by atoms with Gasteiger partial charge in [-0.25, -0.2) is 0 Å². The molecule has 1 amide bonds. The highest BCUT2D eigenvalue weighted by Gasteiger charge is 2.34. The van der Waals surface area contributed by atoms with Gasteiger partial charge in [-0.1, -0.05) is 84.9 Å². The third kappa shape index (κ3) is 7.64. The summed E-state index contributed by atoms with van der Waals surface area (Å²) in [6.45, 7) is -2.12. The summed E-state index contributed by atoms with van der Waals surface area (Å²) in [4.78, 5) is 17.0. The fourth-order valence-corrected chi connectivity index (χ4v) is 2.95. The summed E-state index contributed by atoms with van der Waals surface area (Å²) in [5, 5.41) is 8.73. The first-order valence-electron chi connectivity index (χ1n) is 9.73. The van der Waals surface area contributed by atoms with Gasteiger partial charge in [-0.15, -0.1) is 0 Å². The molecule has 3 rings (SSSR count). The van der Waals surface area contributed by atoms with Crippen molar-refractivity contribution in [1.29, 1.82) is 0 Å². The van der Waals surface area contributed by atoms with E-state index in [4.69, 9.17) is 5.21 Å². The quantitative estimate of drug-likeness (QED) is 0.428. The second-order valence-electron chi connectivity index (χ2n) is 6.54. The zero-order valence-corrected chi connectivity index (χ0v) is 17.5. The molecule has 32 heavy (non-hydrogen) atoms. The fourth-order valence-electron chi connectivity index (χ4n) is 2.95. The van der Waals surface area contributed by atoms with E-state index >= 15 is 0 Å². The number of anilines is 1. The molecule has 0 radical (unpaired) electrons. The molecular weight excluding hydrogens is 419 g/mol. The minimum Gasteiger partial charge on any atom is -0.316 e. The number of amides is 1. The molecule has 0 spiro atoms. The standard InChI is InChI=1S/C18H18F3N3O2.C6H6/c1-22-17(13-7-3-2-4-8-13)14-9-5-6-10-15(14)24(12-18(19,20)21)16(25)11-23-26;1-2-4-6-5-3-1/h2-10,23,26H,11-12H2,1H3;1-6H. The highest BCUT2D eigenvalue weighted by Crippen LogP contribution is 2.27. The molecule has 0 aliphatic carbocycles. The third-order valence-electron chi connectivity index (χ3n) is 4.26. The maximum atomic E-state index is 13.0. The second-order valence-corrected chi connectivity index (χ2v) is 6.54. The number of carbonyl (C=O) groups excluding carboxylic acids is 1. The van der Waals surface area contributed by atoms with E-state index in [9.17, 15) is 18.0 Å². The number of alkyl halides is 3. The Morgan fingerprint density at radius 1 is 0.906 bits per heavy atom. The minimum atomic E-state index is -4.60. The topological polar surface area (TPSA) is 64.9 Å². The number of para-hydroxylation sites is 1. The zero-order chi connectivity index (χ0) is 23.4. The first-order valence-corrected chi connectivity index (χ1v) is 9.73. The molecule has 5 nitrogen and oxygen atoms in total. The normalized spacial score (nSPS) is 11.3. The third-order valence-corrected chi connectivity index (χ3v) is 4.26. The van der Waals surface area contributed by atoms with Gasteiger partial charge in [-0.2, -0.15) is 18.7 Å². The van der Waals surface area contributed by atoms with Crippen LogP contribution in [0.4, 0.5) is 18.9 Å². The summed E-state index contributed by atoms with van der Waals surface area (Å²) in [5.41, 5.74) is 3.23. The molecule has 0 heterocycles.